The van der Waals surface area contributed by atoms with Crippen LogP contribution in [0.4, 0.5) is 0 Å². The third-order valence-corrected chi connectivity index (χ3v) is 6.12. The molecule has 0 spiro atoms. The summed E-state index contributed by atoms with van der Waals surface area (Å²) < 4.78 is 28.5. The molecule has 0 saturated carbocycles. The molecule has 0 amide bonds. The summed E-state index contributed by atoms with van der Waals surface area (Å²) in [4.78, 5) is 0. The average molecular weight is 319 g/mol. The average Bonchev–Trinajstić information content (AvgIpc) is 2.86. The highest BCUT2D eigenvalue weighted by Crippen LogP contribution is 2.28. The lowest BCUT2D eigenvalue weighted by Gasteiger charge is -2.14. The van der Waals surface area contributed by atoms with Gasteiger partial charge in [-0.3, -0.25) is 0 Å². The van der Waals surface area contributed by atoms with Gasteiger partial charge in [0.25, 0.3) is 0 Å². The maximum absolute atomic E-state index is 11.5. The molecule has 0 radical (unpaired) electrons. The van der Waals surface area contributed by atoms with Crippen LogP contribution in [0.15, 0.2) is 36.4 Å². The minimum absolute atomic E-state index is 0.228. The minimum atomic E-state index is -2.80. The molecule has 1 fully saturated rings. The Morgan fingerprint density at radius 3 is 2.77 bits per heavy atom. The lowest BCUT2D eigenvalue weighted by molar-refractivity contribution is 0.407. The Hall–Kier alpha value is -1.59. The first-order valence-corrected chi connectivity index (χ1v) is 9.37. The molecular formula is C17H21NO3S. The fraction of sp³-hybridized carbons (Fsp3) is 0.412. The Morgan fingerprint density at radius 1 is 1.23 bits per heavy atom. The highest BCUT2D eigenvalue weighted by Gasteiger charge is 2.27. The molecule has 1 atom stereocenters. The van der Waals surface area contributed by atoms with Crippen LogP contribution in [0.25, 0.3) is 10.8 Å². The van der Waals surface area contributed by atoms with Crippen molar-refractivity contribution in [3.63, 3.8) is 0 Å². The minimum Gasteiger partial charge on any atom is -0.496 e. The van der Waals surface area contributed by atoms with Gasteiger partial charge in [-0.25, -0.2) is 8.42 Å². The van der Waals surface area contributed by atoms with E-state index in [1.807, 2.05) is 18.2 Å². The molecule has 22 heavy (non-hydrogen) atoms. The molecular weight excluding hydrogens is 298 g/mol. The van der Waals surface area contributed by atoms with Crippen molar-refractivity contribution in [2.75, 3.05) is 25.2 Å². The summed E-state index contributed by atoms with van der Waals surface area (Å²) in [6, 6.07) is 12.3. The van der Waals surface area contributed by atoms with E-state index in [0.29, 0.717) is 18.1 Å². The van der Waals surface area contributed by atoms with E-state index in [4.69, 9.17) is 4.74 Å². The van der Waals surface area contributed by atoms with Gasteiger partial charge in [-0.05, 0) is 35.7 Å². The number of rotatable bonds is 5. The van der Waals surface area contributed by atoms with Crippen molar-refractivity contribution in [1.29, 1.82) is 0 Å². The largest absolute Gasteiger partial charge is 0.496 e. The smallest absolute Gasteiger partial charge is 0.150 e. The zero-order valence-corrected chi connectivity index (χ0v) is 13.5. The van der Waals surface area contributed by atoms with Gasteiger partial charge in [-0.15, -0.1) is 0 Å². The third-order valence-electron chi connectivity index (χ3n) is 4.28. The predicted molar refractivity (Wildman–Crippen MR) is 89.0 cm³/mol. The number of hydrogen-bond donors (Lipinski definition) is 1. The van der Waals surface area contributed by atoms with Crippen LogP contribution < -0.4 is 10.1 Å². The second-order valence-electron chi connectivity index (χ2n) is 5.87. The zero-order valence-electron chi connectivity index (χ0n) is 12.7. The van der Waals surface area contributed by atoms with E-state index in [1.54, 1.807) is 7.11 Å². The van der Waals surface area contributed by atoms with E-state index in [1.165, 1.54) is 10.8 Å². The van der Waals surface area contributed by atoms with E-state index >= 15 is 0 Å². The maximum Gasteiger partial charge on any atom is 0.150 e. The van der Waals surface area contributed by atoms with Crippen LogP contribution in [0.1, 0.15) is 12.0 Å². The van der Waals surface area contributed by atoms with Crippen molar-refractivity contribution >= 4 is 20.6 Å². The van der Waals surface area contributed by atoms with Gasteiger partial charge in [0.05, 0.1) is 18.6 Å². The summed E-state index contributed by atoms with van der Waals surface area (Å²) >= 11 is 0. The van der Waals surface area contributed by atoms with Crippen LogP contribution in [-0.4, -0.2) is 33.6 Å². The van der Waals surface area contributed by atoms with Crippen molar-refractivity contribution in [1.82, 2.24) is 5.32 Å². The quantitative estimate of drug-likeness (QED) is 0.919. The summed E-state index contributed by atoms with van der Waals surface area (Å²) in [5.74, 6) is 1.74. The van der Waals surface area contributed by atoms with Gasteiger partial charge in [0.1, 0.15) is 5.75 Å². The molecule has 3 rings (SSSR count). The van der Waals surface area contributed by atoms with Crippen LogP contribution in [0.2, 0.25) is 0 Å². The molecule has 0 aromatic heterocycles. The first-order valence-electron chi connectivity index (χ1n) is 7.55. The molecule has 0 aliphatic carbocycles. The fourth-order valence-electron chi connectivity index (χ4n) is 3.12. The second-order valence-corrected chi connectivity index (χ2v) is 8.10. The summed E-state index contributed by atoms with van der Waals surface area (Å²) in [7, 11) is -1.12. The molecule has 0 bridgehead atoms. The van der Waals surface area contributed by atoms with Crippen molar-refractivity contribution in [3.05, 3.63) is 42.0 Å². The molecule has 1 heterocycles. The Morgan fingerprint density at radius 2 is 2.05 bits per heavy atom. The van der Waals surface area contributed by atoms with Gasteiger partial charge in [-0.2, -0.15) is 0 Å². The topological polar surface area (TPSA) is 55.4 Å². The predicted octanol–water partition coefficient (Wildman–Crippen LogP) is 2.37. The van der Waals surface area contributed by atoms with Crippen molar-refractivity contribution in [2.24, 2.45) is 5.92 Å². The first-order chi connectivity index (χ1) is 10.6. The first kappa shape index (κ1) is 15.3. The maximum atomic E-state index is 11.5. The zero-order chi connectivity index (χ0) is 15.6. The van der Waals surface area contributed by atoms with Gasteiger partial charge in [0.2, 0.25) is 0 Å². The van der Waals surface area contributed by atoms with Gasteiger partial charge < -0.3 is 10.1 Å². The highest BCUT2D eigenvalue weighted by molar-refractivity contribution is 7.91. The van der Waals surface area contributed by atoms with Crippen LogP contribution in [0.3, 0.4) is 0 Å². The molecule has 0 unspecified atom stereocenters. The monoisotopic (exact) mass is 319 g/mol. The van der Waals surface area contributed by atoms with E-state index in [-0.39, 0.29) is 5.92 Å². The molecule has 2 aromatic rings. The summed E-state index contributed by atoms with van der Waals surface area (Å²) in [6.45, 7) is 1.41. The standard InChI is InChI=1S/C17H21NO3S/c1-21-17-7-6-14-4-2-3-5-15(14)16(17)11-18-10-13-8-9-22(19,20)12-13/h2-7,13,18H,8-12H2,1H3/t13-/m1/s1. The fourth-order valence-corrected chi connectivity index (χ4v) is 4.99. The van der Waals surface area contributed by atoms with E-state index < -0.39 is 9.84 Å². The number of nitrogens with one attached hydrogen (secondary N) is 1. The number of sulfone groups is 1. The molecule has 2 aromatic carbocycles. The van der Waals surface area contributed by atoms with Crippen LogP contribution in [0.5, 0.6) is 5.75 Å². The molecule has 5 heteroatoms. The van der Waals surface area contributed by atoms with E-state index in [9.17, 15) is 8.42 Å². The van der Waals surface area contributed by atoms with Gasteiger partial charge in [0, 0.05) is 12.1 Å². The number of ether oxygens (including phenoxy) is 1. The van der Waals surface area contributed by atoms with Crippen molar-refractivity contribution in [3.8, 4) is 5.75 Å². The van der Waals surface area contributed by atoms with Crippen LogP contribution in [0, 0.1) is 5.92 Å². The normalized spacial score (nSPS) is 20.3. The van der Waals surface area contributed by atoms with E-state index in [2.05, 4.69) is 23.5 Å². The SMILES string of the molecule is COc1ccc2ccccc2c1CNC[C@H]1CCS(=O)(=O)C1. The molecule has 4 nitrogen and oxygen atoms in total. The lowest BCUT2D eigenvalue weighted by atomic mass is 10.0. The summed E-state index contributed by atoms with van der Waals surface area (Å²) in [5, 5.41) is 5.76. The Balaban J connectivity index is 1.73. The van der Waals surface area contributed by atoms with Gasteiger partial charge in [-0.1, -0.05) is 30.3 Å². The molecule has 118 valence electrons. The van der Waals surface area contributed by atoms with Crippen LogP contribution >= 0.6 is 0 Å². The van der Waals surface area contributed by atoms with Gasteiger partial charge in [0.15, 0.2) is 9.84 Å². The molecule has 1 aliphatic rings. The number of methoxy groups -OCH3 is 1. The summed E-state index contributed by atoms with van der Waals surface area (Å²) in [5.41, 5.74) is 1.13. The summed E-state index contributed by atoms with van der Waals surface area (Å²) in [6.07, 6.45) is 0.766. The van der Waals surface area contributed by atoms with Gasteiger partial charge >= 0.3 is 0 Å². The second kappa shape index (κ2) is 6.26. The molecule has 1 aliphatic heterocycles. The number of benzene rings is 2. The Kier molecular flexibility index (Phi) is 4.36. The van der Waals surface area contributed by atoms with Crippen molar-refractivity contribution < 1.29 is 13.2 Å². The molecule has 1 saturated heterocycles. The number of hydrogen-bond acceptors (Lipinski definition) is 4. The third kappa shape index (κ3) is 3.25. The van der Waals surface area contributed by atoms with Crippen molar-refractivity contribution in [2.45, 2.75) is 13.0 Å². The van der Waals surface area contributed by atoms with Crippen LogP contribution in [-0.2, 0) is 16.4 Å². The highest BCUT2D eigenvalue weighted by atomic mass is 32.2. The van der Waals surface area contributed by atoms with E-state index in [0.717, 1.165) is 24.3 Å². The lowest BCUT2D eigenvalue weighted by Crippen LogP contribution is -2.23. The number of fused-ring (bicyclic) bond motifs is 1. The molecule has 1 N–H and O–H groups in total. The Bertz CT molecular complexity index is 771. The Labute approximate surface area is 131 Å².